The second-order valence-corrected chi connectivity index (χ2v) is 14.1. The molecule has 0 fully saturated rings. The smallest absolute Gasteiger partial charge is 0.162 e. The van der Waals surface area contributed by atoms with E-state index in [-0.39, 0.29) is 0 Å². The molecule has 0 aliphatic carbocycles. The Bertz CT molecular complexity index is 3040. The summed E-state index contributed by atoms with van der Waals surface area (Å²) in [5.41, 5.74) is 11.1. The van der Waals surface area contributed by atoms with Crippen LogP contribution in [0.15, 0.2) is 170 Å². The molecule has 0 saturated carbocycles. The van der Waals surface area contributed by atoms with Crippen molar-refractivity contribution in [3.05, 3.63) is 170 Å². The highest BCUT2D eigenvalue weighted by Crippen LogP contribution is 2.42. The van der Waals surface area contributed by atoms with Gasteiger partial charge in [0.05, 0.1) is 43.5 Å². The van der Waals surface area contributed by atoms with Crippen molar-refractivity contribution in [1.82, 2.24) is 19.1 Å². The van der Waals surface area contributed by atoms with Crippen molar-refractivity contribution in [2.75, 3.05) is 0 Å². The van der Waals surface area contributed by atoms with Crippen LogP contribution in [0.2, 0.25) is 0 Å². The predicted molar refractivity (Wildman–Crippen MR) is 214 cm³/mol. The zero-order valence-electron chi connectivity index (χ0n) is 27.4. The fourth-order valence-corrected chi connectivity index (χ4v) is 9.01. The van der Waals surface area contributed by atoms with Crippen LogP contribution in [-0.4, -0.2) is 19.1 Å². The first-order chi connectivity index (χ1) is 25.3. The topological polar surface area (TPSA) is 35.6 Å². The van der Waals surface area contributed by atoms with Crippen molar-refractivity contribution in [3.63, 3.8) is 0 Å². The van der Waals surface area contributed by atoms with Gasteiger partial charge in [-0.25, -0.2) is 9.97 Å². The zero-order valence-corrected chi connectivity index (χ0v) is 28.2. The lowest BCUT2D eigenvalue weighted by molar-refractivity contribution is 1.15. The molecule has 0 unspecified atom stereocenters. The Hall–Kier alpha value is -6.56. The molecule has 11 aromatic rings. The van der Waals surface area contributed by atoms with Crippen molar-refractivity contribution >= 4 is 75.3 Å². The Balaban J connectivity index is 1.19. The summed E-state index contributed by atoms with van der Waals surface area (Å²) in [6.07, 6.45) is 2.01. The fraction of sp³-hybridized carbons (Fsp3) is 0. The highest BCUT2D eigenvalue weighted by molar-refractivity contribution is 7.25. The summed E-state index contributed by atoms with van der Waals surface area (Å²) in [6, 6.07) is 58.6. The van der Waals surface area contributed by atoms with Crippen LogP contribution in [0.3, 0.4) is 0 Å². The van der Waals surface area contributed by atoms with Crippen LogP contribution in [0.5, 0.6) is 0 Å². The maximum atomic E-state index is 5.47. The first kappa shape index (κ1) is 28.3. The number of hydrogen-bond donors (Lipinski definition) is 0. The Morgan fingerprint density at radius 2 is 1.02 bits per heavy atom. The molecule has 0 saturated heterocycles. The van der Waals surface area contributed by atoms with Crippen LogP contribution in [-0.2, 0) is 0 Å². The van der Waals surface area contributed by atoms with Gasteiger partial charge in [0.2, 0.25) is 0 Å². The quantitative estimate of drug-likeness (QED) is 0.187. The molecule has 0 atom stereocenters. The lowest BCUT2D eigenvalue weighted by Crippen LogP contribution is -2.01. The van der Waals surface area contributed by atoms with Gasteiger partial charge in [0, 0.05) is 43.5 Å². The summed E-state index contributed by atoms with van der Waals surface area (Å²) in [5, 5.41) is 6.09. The molecule has 51 heavy (non-hydrogen) atoms. The molecule has 4 aromatic heterocycles. The van der Waals surface area contributed by atoms with E-state index in [0.29, 0.717) is 5.82 Å². The van der Waals surface area contributed by atoms with Gasteiger partial charge in [-0.2, -0.15) is 0 Å². The van der Waals surface area contributed by atoms with Gasteiger partial charge in [0.15, 0.2) is 5.82 Å². The lowest BCUT2D eigenvalue weighted by Gasteiger charge is -2.17. The lowest BCUT2D eigenvalue weighted by atomic mass is 9.97. The molecule has 7 aromatic carbocycles. The van der Waals surface area contributed by atoms with Crippen LogP contribution in [0, 0.1) is 0 Å². The standard InChI is InChI=1S/C46H28N4S/c1-2-13-29(14-3-1)31-19-12-24-41(50-39-22-10-6-17-34(39)35-18-7-11-23-40(35)50)44(31)46-47-28-43-45(48-46)36-27-30(25-26-42(36)51-43)49-37-20-8-4-15-32(37)33-16-5-9-21-38(33)49/h1-28H. The van der Waals surface area contributed by atoms with E-state index >= 15 is 0 Å². The molecule has 5 heteroatoms. The largest absolute Gasteiger partial charge is 0.309 e. The van der Waals surface area contributed by atoms with E-state index in [1.807, 2.05) is 6.20 Å². The summed E-state index contributed by atoms with van der Waals surface area (Å²) in [6.45, 7) is 0. The van der Waals surface area contributed by atoms with Crippen molar-refractivity contribution in [2.24, 2.45) is 0 Å². The minimum atomic E-state index is 0.709. The van der Waals surface area contributed by atoms with Gasteiger partial charge in [0.25, 0.3) is 0 Å². The maximum absolute atomic E-state index is 5.47. The average molecular weight is 669 g/mol. The minimum Gasteiger partial charge on any atom is -0.309 e. The molecule has 0 spiro atoms. The molecule has 0 N–H and O–H groups in total. The molecule has 11 rings (SSSR count). The number of fused-ring (bicyclic) bond motifs is 9. The van der Waals surface area contributed by atoms with Crippen molar-refractivity contribution < 1.29 is 0 Å². The molecule has 0 radical (unpaired) electrons. The van der Waals surface area contributed by atoms with Gasteiger partial charge in [-0.05, 0) is 59.7 Å². The Morgan fingerprint density at radius 1 is 0.451 bits per heavy atom. The van der Waals surface area contributed by atoms with Crippen LogP contribution < -0.4 is 0 Å². The SMILES string of the molecule is c1ccc(-c2cccc(-n3c4ccccc4c4ccccc43)c2-c2ncc3sc4ccc(-n5c6ccccc6c6ccccc65)cc4c3n2)cc1. The monoisotopic (exact) mass is 668 g/mol. The summed E-state index contributed by atoms with van der Waals surface area (Å²) in [7, 11) is 0. The van der Waals surface area contributed by atoms with Gasteiger partial charge < -0.3 is 9.13 Å². The van der Waals surface area contributed by atoms with Gasteiger partial charge >= 0.3 is 0 Å². The normalized spacial score (nSPS) is 11.9. The van der Waals surface area contributed by atoms with Gasteiger partial charge in [-0.3, -0.25) is 0 Å². The molecule has 0 aliphatic rings. The van der Waals surface area contributed by atoms with E-state index in [9.17, 15) is 0 Å². The molecule has 0 amide bonds. The van der Waals surface area contributed by atoms with E-state index in [4.69, 9.17) is 9.97 Å². The second-order valence-electron chi connectivity index (χ2n) is 13.0. The Labute approximate surface area is 297 Å². The zero-order chi connectivity index (χ0) is 33.5. The molecule has 0 bridgehead atoms. The average Bonchev–Trinajstić information content (AvgIpc) is 3.85. The van der Waals surface area contributed by atoms with E-state index < -0.39 is 0 Å². The van der Waals surface area contributed by atoms with Crippen LogP contribution in [0.1, 0.15) is 0 Å². The first-order valence-electron chi connectivity index (χ1n) is 17.2. The van der Waals surface area contributed by atoms with Crippen molar-refractivity contribution in [1.29, 1.82) is 0 Å². The third kappa shape index (κ3) is 4.19. The van der Waals surface area contributed by atoms with Gasteiger partial charge in [-0.15, -0.1) is 11.3 Å². The van der Waals surface area contributed by atoms with Crippen LogP contribution in [0.25, 0.3) is 97.8 Å². The van der Waals surface area contributed by atoms with Gasteiger partial charge in [-0.1, -0.05) is 115 Å². The Kier molecular flexibility index (Phi) is 6.09. The summed E-state index contributed by atoms with van der Waals surface area (Å²) >= 11 is 1.75. The van der Waals surface area contributed by atoms with Crippen molar-refractivity contribution in [2.45, 2.75) is 0 Å². The minimum absolute atomic E-state index is 0.709. The highest BCUT2D eigenvalue weighted by atomic mass is 32.1. The number of aromatic nitrogens is 4. The maximum Gasteiger partial charge on any atom is 0.162 e. The number of para-hydroxylation sites is 4. The van der Waals surface area contributed by atoms with E-state index in [1.165, 1.54) is 37.3 Å². The first-order valence-corrected chi connectivity index (χ1v) is 18.0. The number of nitrogens with zero attached hydrogens (tertiary/aromatic N) is 4. The van der Waals surface area contributed by atoms with Crippen LogP contribution >= 0.6 is 11.3 Å². The molecule has 4 heterocycles. The predicted octanol–water partition coefficient (Wildman–Crippen LogP) is 12.4. The molecular formula is C46H28N4S. The number of thiophene rings is 1. The second kappa shape index (κ2) is 11.0. The molecule has 4 nitrogen and oxygen atoms in total. The van der Waals surface area contributed by atoms with Gasteiger partial charge in [0.1, 0.15) is 0 Å². The molecule has 0 aliphatic heterocycles. The highest BCUT2D eigenvalue weighted by Gasteiger charge is 2.22. The fourth-order valence-electron chi connectivity index (χ4n) is 8.01. The number of benzene rings is 7. The number of rotatable bonds is 4. The van der Waals surface area contributed by atoms with Crippen LogP contribution in [0.4, 0.5) is 0 Å². The third-order valence-corrected chi connectivity index (χ3v) is 11.3. The molecule has 238 valence electrons. The summed E-state index contributed by atoms with van der Waals surface area (Å²) in [5.74, 6) is 0.709. The number of hydrogen-bond acceptors (Lipinski definition) is 3. The Morgan fingerprint density at radius 3 is 1.65 bits per heavy atom. The van der Waals surface area contributed by atoms with Crippen molar-refractivity contribution in [3.8, 4) is 33.9 Å². The van der Waals surface area contributed by atoms with E-state index in [2.05, 4.69) is 173 Å². The molecular weight excluding hydrogens is 641 g/mol. The van der Waals surface area contributed by atoms with E-state index in [1.54, 1.807) is 11.3 Å². The van der Waals surface area contributed by atoms with E-state index in [0.717, 1.165) is 54.7 Å². The third-order valence-electron chi connectivity index (χ3n) is 10.2. The summed E-state index contributed by atoms with van der Waals surface area (Å²) in [4.78, 5) is 10.6. The summed E-state index contributed by atoms with van der Waals surface area (Å²) < 4.78 is 7.02.